The normalized spacial score (nSPS) is 11.1. The standard InChI is InChI=1S/C21H22FNO/c1-16-9-3-4-10-17(16)21(24)19-15-23(14-8-2-7-13-22)20-12-6-5-11-18(19)20/h3-6,9-12,15H,2,7-8,13-14H2,1H3. The van der Waals surface area contributed by atoms with Gasteiger partial charge in [0.05, 0.1) is 6.67 Å². The lowest BCUT2D eigenvalue weighted by Gasteiger charge is -2.04. The van der Waals surface area contributed by atoms with Crippen molar-refractivity contribution in [2.75, 3.05) is 6.67 Å². The summed E-state index contributed by atoms with van der Waals surface area (Å²) in [5, 5.41) is 0.983. The summed E-state index contributed by atoms with van der Waals surface area (Å²) < 4.78 is 14.4. The summed E-state index contributed by atoms with van der Waals surface area (Å²) in [4.78, 5) is 13.0. The van der Waals surface area contributed by atoms with Gasteiger partial charge in [0.2, 0.25) is 0 Å². The largest absolute Gasteiger partial charge is 0.347 e. The van der Waals surface area contributed by atoms with Crippen LogP contribution in [0.1, 0.15) is 40.7 Å². The SMILES string of the molecule is Cc1ccccc1C(=O)c1cn(CCCCCF)c2ccccc12. The Bertz CT molecular complexity index is 850. The van der Waals surface area contributed by atoms with Crippen LogP contribution in [0.3, 0.4) is 0 Å². The van der Waals surface area contributed by atoms with Crippen LogP contribution >= 0.6 is 0 Å². The van der Waals surface area contributed by atoms with Crippen LogP contribution in [0.5, 0.6) is 0 Å². The van der Waals surface area contributed by atoms with Crippen LogP contribution in [-0.2, 0) is 6.54 Å². The average molecular weight is 323 g/mol. The molecule has 0 bridgehead atoms. The zero-order valence-corrected chi connectivity index (χ0v) is 14.0. The Kier molecular flexibility index (Phi) is 5.09. The van der Waals surface area contributed by atoms with E-state index in [1.54, 1.807) is 0 Å². The smallest absolute Gasteiger partial charge is 0.195 e. The van der Waals surface area contributed by atoms with Gasteiger partial charge in [-0.3, -0.25) is 9.18 Å². The molecule has 1 heterocycles. The van der Waals surface area contributed by atoms with Crippen LogP contribution in [0.15, 0.2) is 54.7 Å². The van der Waals surface area contributed by atoms with Gasteiger partial charge in [-0.15, -0.1) is 0 Å². The number of aromatic nitrogens is 1. The number of para-hydroxylation sites is 1. The second-order valence-corrected chi connectivity index (χ2v) is 6.15. The molecule has 0 aliphatic carbocycles. The van der Waals surface area contributed by atoms with Crippen LogP contribution in [0, 0.1) is 6.92 Å². The Morgan fingerprint density at radius 2 is 1.71 bits per heavy atom. The van der Waals surface area contributed by atoms with Gasteiger partial charge in [-0.2, -0.15) is 0 Å². The number of carbonyl (C=O) groups is 1. The molecule has 124 valence electrons. The second-order valence-electron chi connectivity index (χ2n) is 6.15. The van der Waals surface area contributed by atoms with Crippen LogP contribution in [0.4, 0.5) is 4.39 Å². The number of carbonyl (C=O) groups excluding carboxylic acids is 1. The van der Waals surface area contributed by atoms with Crippen molar-refractivity contribution in [2.24, 2.45) is 0 Å². The van der Waals surface area contributed by atoms with E-state index in [-0.39, 0.29) is 12.5 Å². The molecule has 2 nitrogen and oxygen atoms in total. The maximum Gasteiger partial charge on any atom is 0.195 e. The van der Waals surface area contributed by atoms with Crippen molar-refractivity contribution in [1.29, 1.82) is 0 Å². The molecule has 0 N–H and O–H groups in total. The highest BCUT2D eigenvalue weighted by Crippen LogP contribution is 2.25. The molecule has 0 fully saturated rings. The van der Waals surface area contributed by atoms with E-state index in [2.05, 4.69) is 4.57 Å². The summed E-state index contributed by atoms with van der Waals surface area (Å²) in [6.07, 6.45) is 4.34. The molecule has 2 aromatic carbocycles. The van der Waals surface area contributed by atoms with Gasteiger partial charge in [-0.05, 0) is 37.8 Å². The molecule has 3 rings (SSSR count). The molecule has 0 aliphatic rings. The Hall–Kier alpha value is -2.42. The lowest BCUT2D eigenvalue weighted by atomic mass is 9.99. The van der Waals surface area contributed by atoms with Crippen LogP contribution in [-0.4, -0.2) is 17.0 Å². The van der Waals surface area contributed by atoms with Crippen molar-refractivity contribution in [3.63, 3.8) is 0 Å². The third kappa shape index (κ3) is 3.25. The number of hydrogen-bond acceptors (Lipinski definition) is 1. The molecule has 24 heavy (non-hydrogen) atoms. The molecule has 0 saturated carbocycles. The minimum absolute atomic E-state index is 0.0619. The van der Waals surface area contributed by atoms with Gasteiger partial charge in [0.15, 0.2) is 5.78 Å². The van der Waals surface area contributed by atoms with Crippen LogP contribution in [0.25, 0.3) is 10.9 Å². The van der Waals surface area contributed by atoms with Crippen LogP contribution in [0.2, 0.25) is 0 Å². The first kappa shape index (κ1) is 16.4. The molecule has 0 aliphatic heterocycles. The number of halogens is 1. The highest BCUT2D eigenvalue weighted by atomic mass is 19.1. The van der Waals surface area contributed by atoms with E-state index >= 15 is 0 Å². The van der Waals surface area contributed by atoms with Crippen molar-refractivity contribution in [2.45, 2.75) is 32.7 Å². The molecule has 0 unspecified atom stereocenters. The quantitative estimate of drug-likeness (QED) is 0.426. The summed E-state index contributed by atoms with van der Waals surface area (Å²) in [5.74, 6) is 0.0619. The zero-order chi connectivity index (χ0) is 16.9. The minimum atomic E-state index is -0.260. The Morgan fingerprint density at radius 1 is 0.958 bits per heavy atom. The molecule has 3 aromatic rings. The highest BCUT2D eigenvalue weighted by Gasteiger charge is 2.17. The summed E-state index contributed by atoms with van der Waals surface area (Å²) in [6, 6.07) is 15.7. The lowest BCUT2D eigenvalue weighted by molar-refractivity contribution is 0.103. The predicted octanol–water partition coefficient (Wildman–Crippen LogP) is 5.32. The summed E-state index contributed by atoms with van der Waals surface area (Å²) in [6.45, 7) is 2.51. The van der Waals surface area contributed by atoms with Gasteiger partial charge in [0.25, 0.3) is 0 Å². The minimum Gasteiger partial charge on any atom is -0.347 e. The van der Waals surface area contributed by atoms with Gasteiger partial charge in [0, 0.05) is 34.8 Å². The molecule has 3 heteroatoms. The van der Waals surface area contributed by atoms with Crippen molar-refractivity contribution < 1.29 is 9.18 Å². The van der Waals surface area contributed by atoms with Gasteiger partial charge in [-0.25, -0.2) is 0 Å². The van der Waals surface area contributed by atoms with Crippen LogP contribution < -0.4 is 0 Å². The molecular formula is C21H22FNO. The second kappa shape index (κ2) is 7.43. The van der Waals surface area contributed by atoms with E-state index < -0.39 is 0 Å². The first-order valence-electron chi connectivity index (χ1n) is 8.46. The fourth-order valence-corrected chi connectivity index (χ4v) is 3.14. The van der Waals surface area contributed by atoms with E-state index in [0.29, 0.717) is 6.42 Å². The number of aryl methyl sites for hydroxylation is 2. The summed E-state index contributed by atoms with van der Waals surface area (Å²) in [5.41, 5.74) is 3.54. The molecule has 0 spiro atoms. The van der Waals surface area contributed by atoms with Gasteiger partial charge >= 0.3 is 0 Å². The Labute approximate surface area is 141 Å². The number of fused-ring (bicyclic) bond motifs is 1. The predicted molar refractivity (Wildman–Crippen MR) is 96.4 cm³/mol. The monoisotopic (exact) mass is 323 g/mol. The van der Waals surface area contributed by atoms with E-state index in [1.807, 2.05) is 61.7 Å². The number of benzene rings is 2. The fourth-order valence-electron chi connectivity index (χ4n) is 3.14. The number of hydrogen-bond donors (Lipinski definition) is 0. The third-order valence-electron chi connectivity index (χ3n) is 4.46. The fraction of sp³-hybridized carbons (Fsp3) is 0.286. The molecule has 1 aromatic heterocycles. The third-order valence-corrected chi connectivity index (χ3v) is 4.46. The number of alkyl halides is 1. The van der Waals surface area contributed by atoms with Crippen molar-refractivity contribution in [3.05, 3.63) is 71.4 Å². The summed E-state index contributed by atoms with van der Waals surface area (Å²) in [7, 11) is 0. The van der Waals surface area contributed by atoms with E-state index in [1.165, 1.54) is 0 Å². The van der Waals surface area contributed by atoms with Gasteiger partial charge in [0.1, 0.15) is 0 Å². The van der Waals surface area contributed by atoms with E-state index in [4.69, 9.17) is 0 Å². The zero-order valence-electron chi connectivity index (χ0n) is 14.0. The molecule has 0 atom stereocenters. The Balaban J connectivity index is 1.96. The molecule has 0 saturated heterocycles. The molecular weight excluding hydrogens is 301 g/mol. The maximum atomic E-state index is 13.0. The van der Waals surface area contributed by atoms with E-state index in [0.717, 1.165) is 47.0 Å². The Morgan fingerprint density at radius 3 is 2.50 bits per heavy atom. The van der Waals surface area contributed by atoms with Gasteiger partial charge < -0.3 is 4.57 Å². The summed E-state index contributed by atoms with van der Waals surface area (Å²) >= 11 is 0. The van der Waals surface area contributed by atoms with E-state index in [9.17, 15) is 9.18 Å². The first-order chi connectivity index (χ1) is 11.7. The average Bonchev–Trinajstić information content (AvgIpc) is 2.98. The van der Waals surface area contributed by atoms with Crippen molar-refractivity contribution in [1.82, 2.24) is 4.57 Å². The first-order valence-corrected chi connectivity index (χ1v) is 8.46. The lowest BCUT2D eigenvalue weighted by Crippen LogP contribution is -2.03. The number of nitrogens with zero attached hydrogens (tertiary/aromatic N) is 1. The highest BCUT2D eigenvalue weighted by molar-refractivity contribution is 6.17. The number of unbranched alkanes of at least 4 members (excludes halogenated alkanes) is 2. The van der Waals surface area contributed by atoms with Crippen molar-refractivity contribution >= 4 is 16.7 Å². The topological polar surface area (TPSA) is 22.0 Å². The molecule has 0 radical (unpaired) electrons. The molecule has 0 amide bonds. The number of ketones is 1. The maximum absolute atomic E-state index is 13.0. The number of rotatable bonds is 7. The van der Waals surface area contributed by atoms with Gasteiger partial charge in [-0.1, -0.05) is 42.5 Å². The van der Waals surface area contributed by atoms with Crippen molar-refractivity contribution in [3.8, 4) is 0 Å².